The molecule has 0 unspecified atom stereocenters. The van der Waals surface area contributed by atoms with E-state index >= 15 is 0 Å². The second-order valence-electron chi connectivity index (χ2n) is 9.82. The molecule has 0 aromatic heterocycles. The van der Waals surface area contributed by atoms with Gasteiger partial charge in [0.25, 0.3) is 0 Å². The normalized spacial score (nSPS) is 6.62. The molecule has 0 N–H and O–H groups in total. The second kappa shape index (κ2) is 288. The van der Waals surface area contributed by atoms with E-state index in [1.807, 2.05) is 130 Å². The molecule has 0 aromatic carbocycles. The molecule has 0 saturated carbocycles. The van der Waals surface area contributed by atoms with Crippen LogP contribution >= 0.6 is 0 Å². The number of hydrogen-bond acceptors (Lipinski definition) is 0. The van der Waals surface area contributed by atoms with Crippen molar-refractivity contribution in [3.8, 4) is 0 Å². The van der Waals surface area contributed by atoms with Gasteiger partial charge in [0, 0.05) is 0 Å². The highest BCUT2D eigenvalue weighted by Gasteiger charge is 1.86. The minimum atomic E-state index is 0. The van der Waals surface area contributed by atoms with Gasteiger partial charge >= 0.3 is 0 Å². The maximum absolute atomic E-state index is 2.25. The third-order valence-corrected chi connectivity index (χ3v) is 4.18. The molecule has 0 aromatic rings. The van der Waals surface area contributed by atoms with Gasteiger partial charge in [-0.25, -0.2) is 0 Å². The van der Waals surface area contributed by atoms with Crippen LogP contribution in [-0.2, 0) is 0 Å². The summed E-state index contributed by atoms with van der Waals surface area (Å²) >= 11 is 0. The smallest absolute Gasteiger partial charge is 0.0920 e. The van der Waals surface area contributed by atoms with Crippen LogP contribution in [-0.4, -0.2) is 21.3 Å². The fraction of sp³-hybridized carbons (Fsp3) is 0.811. The van der Waals surface area contributed by atoms with Gasteiger partial charge in [0.05, 0.1) is 0 Å². The van der Waals surface area contributed by atoms with Gasteiger partial charge in [-0.05, 0) is 69.2 Å². The monoisotopic (exact) mass is 811 g/mol. The molecule has 0 saturated heterocycles. The Hall–Kier alpha value is -1.11. The molecule has 0 amide bonds. The molecule has 0 spiro atoms. The molecule has 0 rings (SSSR count). The molecule has 0 heterocycles. The van der Waals surface area contributed by atoms with Gasteiger partial charge in [0.1, 0.15) is 21.3 Å². The highest BCUT2D eigenvalue weighted by Crippen LogP contribution is 1.88. The van der Waals surface area contributed by atoms with Crippen LogP contribution in [0.1, 0.15) is 252 Å². The van der Waals surface area contributed by atoms with Gasteiger partial charge in [-0.2, -0.15) is 0 Å². The van der Waals surface area contributed by atoms with E-state index in [1.165, 1.54) is 57.4 Å². The maximum Gasteiger partial charge on any atom is 0.133 e. The summed E-state index contributed by atoms with van der Waals surface area (Å²) in [5.41, 5.74) is 0. The average molecular weight is 811 g/mol. The summed E-state index contributed by atoms with van der Waals surface area (Å²) < 4.78 is 0. The van der Waals surface area contributed by atoms with E-state index in [0.29, 0.717) is 0 Å². The van der Waals surface area contributed by atoms with Crippen molar-refractivity contribution in [3.05, 3.63) is 60.8 Å². The Bertz CT molecular complexity index is 315. The van der Waals surface area contributed by atoms with E-state index in [1.54, 1.807) is 0 Å². The van der Waals surface area contributed by atoms with Crippen molar-refractivity contribution >= 4 is 21.3 Å². The molecular weight excluding hydrogens is 669 g/mol. The summed E-state index contributed by atoms with van der Waals surface area (Å²) in [4.78, 5) is 0. The number of allylic oxidation sites excluding steroid dienone is 10. The van der Waals surface area contributed by atoms with E-state index < -0.39 is 0 Å². The molecule has 56 heavy (non-hydrogen) atoms. The largest absolute Gasteiger partial charge is 0.133 e. The van der Waals surface area contributed by atoms with Crippen LogP contribution in [0.15, 0.2) is 60.8 Å². The van der Waals surface area contributed by atoms with E-state index in [9.17, 15) is 0 Å². The zero-order valence-corrected chi connectivity index (χ0v) is 36.9. The summed E-state index contributed by atoms with van der Waals surface area (Å²) in [6.45, 7) is 48.9. The van der Waals surface area contributed by atoms with E-state index in [-0.39, 0.29) is 81.7 Å². The summed E-state index contributed by atoms with van der Waals surface area (Å²) in [7, 11) is 4.38. The standard InChI is InChI=1S/C5H12.C4H11B.C4H10B.5C4H8.C3H8B.2C3H8.11CH4/c1-3-5-4-2;1-4-5(2)3;1-3-5-4-2;6*1-3-4-2;2*1-3-2;;;;;;;;;;;/h3-5H2,1-2H3;4H2,1-3H3;3-4H2,1-2H3;5*3-4H,1-2H3;3H2,1-2H3;2*3H2,1-2H3;11*1H4. The van der Waals surface area contributed by atoms with Crippen LogP contribution in [0.25, 0.3) is 0 Å². The highest BCUT2D eigenvalue weighted by molar-refractivity contribution is 6.55. The Labute approximate surface area is 378 Å². The second-order valence-corrected chi connectivity index (χ2v) is 9.82. The summed E-state index contributed by atoms with van der Waals surface area (Å²) in [6, 6.07) is 0. The molecule has 0 aliphatic carbocycles. The highest BCUT2D eigenvalue weighted by atomic mass is 13.7. The Balaban J connectivity index is -0.0000000112. The van der Waals surface area contributed by atoms with Crippen LogP contribution in [0, 0.1) is 0 Å². The summed E-state index contributed by atoms with van der Waals surface area (Å²) in [6.07, 6.45) is 31.5. The summed E-state index contributed by atoms with van der Waals surface area (Å²) in [5.74, 6) is 0. The average Bonchev–Trinajstić information content (AvgIpc) is 3.07. The first-order chi connectivity index (χ1) is 21.4. The lowest BCUT2D eigenvalue weighted by Crippen LogP contribution is -1.92. The van der Waals surface area contributed by atoms with Crippen molar-refractivity contribution in [3.63, 3.8) is 0 Å². The number of unbranched alkanes of at least 4 members (excludes halogenated alkanes) is 2. The molecule has 362 valence electrons. The third-order valence-electron chi connectivity index (χ3n) is 4.18. The Morgan fingerprint density at radius 3 is 0.464 bits per heavy atom. The lowest BCUT2D eigenvalue weighted by atomic mass is 9.53. The fourth-order valence-electron chi connectivity index (χ4n) is 0.642. The Morgan fingerprint density at radius 1 is 0.339 bits per heavy atom. The lowest BCUT2D eigenvalue weighted by molar-refractivity contribution is 0.772. The molecule has 0 aliphatic heterocycles. The Kier molecular flexibility index (Phi) is 757. The van der Waals surface area contributed by atoms with E-state index in [4.69, 9.17) is 0 Å². The number of rotatable bonds is 6. The first kappa shape index (κ1) is 147. The molecule has 0 atom stereocenters. The first-order valence-corrected chi connectivity index (χ1v) is 18.9. The van der Waals surface area contributed by atoms with Crippen molar-refractivity contribution in [2.24, 2.45) is 0 Å². The van der Waals surface area contributed by atoms with Crippen LogP contribution in [0.2, 0.25) is 45.7 Å². The maximum atomic E-state index is 2.25. The molecule has 0 bridgehead atoms. The van der Waals surface area contributed by atoms with Crippen molar-refractivity contribution in [2.45, 2.75) is 298 Å². The van der Waals surface area contributed by atoms with Gasteiger partial charge in [-0.3, -0.25) is 0 Å². The zero-order valence-electron chi connectivity index (χ0n) is 36.9. The first-order valence-electron chi connectivity index (χ1n) is 18.9. The lowest BCUT2D eigenvalue weighted by Gasteiger charge is -1.84. The molecule has 0 fully saturated rings. The van der Waals surface area contributed by atoms with Crippen molar-refractivity contribution < 1.29 is 0 Å². The molecule has 0 aliphatic rings. The van der Waals surface area contributed by atoms with Gasteiger partial charge < -0.3 is 0 Å². The third kappa shape index (κ3) is 1200. The van der Waals surface area contributed by atoms with Crippen LogP contribution in [0.4, 0.5) is 0 Å². The number of hydrogen-bond donors (Lipinski definition) is 0. The molecule has 3 heteroatoms. The molecular formula is C53H141B3. The van der Waals surface area contributed by atoms with E-state index in [0.717, 1.165) is 6.71 Å². The van der Waals surface area contributed by atoms with Gasteiger partial charge in [-0.1, -0.05) is 290 Å². The SMILES string of the molecule is C.C.C.C.C.C.C.C.C.C.C.CC=CC.CC=CC.CC=CC.CC=CC.CC=CC.CCB(C)C.CCC.CCC.CCCCC.CC[B]CC.C[B]CC. The van der Waals surface area contributed by atoms with Gasteiger partial charge in [-0.15, -0.1) is 0 Å². The fourth-order valence-corrected chi connectivity index (χ4v) is 0.642. The quantitative estimate of drug-likeness (QED) is 0.185. The minimum absolute atomic E-state index is 0. The van der Waals surface area contributed by atoms with Crippen LogP contribution in [0.3, 0.4) is 0 Å². The van der Waals surface area contributed by atoms with Crippen molar-refractivity contribution in [1.82, 2.24) is 0 Å². The van der Waals surface area contributed by atoms with Gasteiger partial charge in [0.2, 0.25) is 0 Å². The predicted octanol–water partition coefficient (Wildman–Crippen LogP) is 24.4. The topological polar surface area (TPSA) is 0 Å². The van der Waals surface area contributed by atoms with Crippen LogP contribution < -0.4 is 0 Å². The van der Waals surface area contributed by atoms with E-state index in [2.05, 4.69) is 104 Å². The zero-order chi connectivity index (χ0) is 38.4. The van der Waals surface area contributed by atoms with Gasteiger partial charge in [0.15, 0.2) is 0 Å². The molecule has 2 radical (unpaired) electrons. The Morgan fingerprint density at radius 2 is 0.464 bits per heavy atom. The van der Waals surface area contributed by atoms with Crippen LogP contribution in [0.5, 0.6) is 0 Å². The molecule has 0 nitrogen and oxygen atoms in total. The van der Waals surface area contributed by atoms with Crippen molar-refractivity contribution in [2.75, 3.05) is 0 Å². The predicted molar refractivity (Wildman–Crippen MR) is 310 cm³/mol. The summed E-state index contributed by atoms with van der Waals surface area (Å²) in [5, 5.41) is 0. The minimum Gasteiger partial charge on any atom is -0.0920 e. The van der Waals surface area contributed by atoms with Crippen molar-refractivity contribution in [1.29, 1.82) is 0 Å².